The van der Waals surface area contributed by atoms with Crippen LogP contribution in [0.1, 0.15) is 29.5 Å². The quantitative estimate of drug-likeness (QED) is 0.656. The summed E-state index contributed by atoms with van der Waals surface area (Å²) in [5, 5.41) is 12.7. The monoisotopic (exact) mass is 291 g/mol. The van der Waals surface area contributed by atoms with Crippen LogP contribution in [0.2, 0.25) is 0 Å². The Balaban J connectivity index is 1.73. The number of benzene rings is 2. The summed E-state index contributed by atoms with van der Waals surface area (Å²) in [4.78, 5) is 11.7. The van der Waals surface area contributed by atoms with E-state index in [4.69, 9.17) is 5.26 Å². The van der Waals surface area contributed by atoms with Crippen LogP contribution in [0.25, 0.3) is 0 Å². The topological polar surface area (TPSA) is 65.2 Å². The molecule has 0 fully saturated rings. The Labute approximate surface area is 130 Å². The first-order valence-corrected chi connectivity index (χ1v) is 7.14. The first kappa shape index (κ1) is 15.5. The van der Waals surface area contributed by atoms with E-state index in [9.17, 15) is 4.79 Å². The van der Waals surface area contributed by atoms with Crippen molar-refractivity contribution in [3.63, 3.8) is 0 Å². The fraction of sp³-hybridized carbons (Fsp3) is 0.167. The van der Waals surface area contributed by atoms with Crippen LogP contribution >= 0.6 is 0 Å². The van der Waals surface area contributed by atoms with Gasteiger partial charge < -0.3 is 0 Å². The molecule has 0 aliphatic carbocycles. The second-order valence-electron chi connectivity index (χ2n) is 4.87. The third kappa shape index (κ3) is 5.22. The summed E-state index contributed by atoms with van der Waals surface area (Å²) in [5.41, 5.74) is 5.08. The molecule has 0 heterocycles. The first-order valence-electron chi connectivity index (χ1n) is 7.14. The van der Waals surface area contributed by atoms with Crippen LogP contribution < -0.4 is 5.43 Å². The Morgan fingerprint density at radius 1 is 1.18 bits per heavy atom. The fourth-order valence-electron chi connectivity index (χ4n) is 2.02. The van der Waals surface area contributed by atoms with Crippen molar-refractivity contribution in [2.75, 3.05) is 0 Å². The smallest absolute Gasteiger partial charge is 0.240 e. The molecule has 0 aliphatic heterocycles. The van der Waals surface area contributed by atoms with Gasteiger partial charge in [0.15, 0.2) is 0 Å². The minimum Gasteiger partial charge on any atom is -0.273 e. The molecular formula is C18H17N3O. The van der Waals surface area contributed by atoms with Crippen molar-refractivity contribution in [2.24, 2.45) is 5.10 Å². The Morgan fingerprint density at radius 3 is 2.77 bits per heavy atom. The predicted molar refractivity (Wildman–Crippen MR) is 86.3 cm³/mol. The summed E-state index contributed by atoms with van der Waals surface area (Å²) in [6.07, 6.45) is 3.64. The summed E-state index contributed by atoms with van der Waals surface area (Å²) in [7, 11) is 0. The highest BCUT2D eigenvalue weighted by Gasteiger charge is 2.00. The van der Waals surface area contributed by atoms with Gasteiger partial charge in [0.05, 0.1) is 17.8 Å². The predicted octanol–water partition coefficient (Wildman–Crippen LogP) is 3.03. The molecule has 0 aromatic heterocycles. The van der Waals surface area contributed by atoms with Gasteiger partial charge in [0.2, 0.25) is 5.91 Å². The molecule has 1 N–H and O–H groups in total. The number of amides is 1. The molecule has 22 heavy (non-hydrogen) atoms. The highest BCUT2D eigenvalue weighted by molar-refractivity contribution is 5.82. The molecule has 0 saturated carbocycles. The number of hydrogen-bond donors (Lipinski definition) is 1. The van der Waals surface area contributed by atoms with Crippen LogP contribution in [0, 0.1) is 11.3 Å². The van der Waals surface area contributed by atoms with Gasteiger partial charge in [-0.25, -0.2) is 5.43 Å². The third-order valence-electron chi connectivity index (χ3n) is 3.13. The lowest BCUT2D eigenvalue weighted by molar-refractivity contribution is -0.121. The number of hydrogen-bond acceptors (Lipinski definition) is 3. The molecule has 110 valence electrons. The van der Waals surface area contributed by atoms with E-state index in [1.165, 1.54) is 11.8 Å². The second-order valence-corrected chi connectivity index (χ2v) is 4.87. The van der Waals surface area contributed by atoms with Crippen LogP contribution in [0.3, 0.4) is 0 Å². The number of nitriles is 1. The largest absolute Gasteiger partial charge is 0.273 e. The summed E-state index contributed by atoms with van der Waals surface area (Å²) >= 11 is 0. The van der Waals surface area contributed by atoms with Gasteiger partial charge in [0.25, 0.3) is 0 Å². The molecule has 0 atom stereocenters. The van der Waals surface area contributed by atoms with Gasteiger partial charge in [-0.05, 0) is 36.1 Å². The average molecular weight is 291 g/mol. The number of nitrogens with zero attached hydrogens (tertiary/aromatic N) is 2. The lowest BCUT2D eigenvalue weighted by Crippen LogP contribution is -2.17. The zero-order chi connectivity index (χ0) is 15.6. The molecule has 4 nitrogen and oxygen atoms in total. The van der Waals surface area contributed by atoms with E-state index in [1.807, 2.05) is 24.3 Å². The zero-order valence-electron chi connectivity index (χ0n) is 12.2. The number of carbonyl (C=O) groups is 1. The van der Waals surface area contributed by atoms with Gasteiger partial charge in [-0.3, -0.25) is 4.79 Å². The third-order valence-corrected chi connectivity index (χ3v) is 3.13. The second kappa shape index (κ2) is 8.38. The first-order chi connectivity index (χ1) is 10.8. The van der Waals surface area contributed by atoms with Crippen molar-refractivity contribution >= 4 is 12.1 Å². The van der Waals surface area contributed by atoms with Crippen molar-refractivity contribution in [1.82, 2.24) is 5.43 Å². The average Bonchev–Trinajstić information content (AvgIpc) is 2.56. The Bertz CT molecular complexity index is 687. The molecule has 0 bridgehead atoms. The van der Waals surface area contributed by atoms with Crippen molar-refractivity contribution in [2.45, 2.75) is 19.3 Å². The van der Waals surface area contributed by atoms with Crippen molar-refractivity contribution in [3.05, 3.63) is 71.3 Å². The molecule has 0 unspecified atom stereocenters. The molecule has 0 spiro atoms. The zero-order valence-corrected chi connectivity index (χ0v) is 12.2. The standard InChI is InChI=1S/C18H17N3O/c19-13-16-9-4-10-17(12-16)14-20-21-18(22)11-5-8-15-6-2-1-3-7-15/h1-4,6-7,9-10,12,14H,5,8,11H2,(H,21,22)/b20-14+. The summed E-state index contributed by atoms with van der Waals surface area (Å²) in [6.45, 7) is 0. The maximum atomic E-state index is 11.7. The van der Waals surface area contributed by atoms with E-state index in [-0.39, 0.29) is 5.91 Å². The number of nitrogens with one attached hydrogen (secondary N) is 1. The molecule has 2 rings (SSSR count). The van der Waals surface area contributed by atoms with E-state index in [1.54, 1.807) is 18.2 Å². The lowest BCUT2D eigenvalue weighted by atomic mass is 10.1. The molecular weight excluding hydrogens is 274 g/mol. The highest BCUT2D eigenvalue weighted by atomic mass is 16.2. The summed E-state index contributed by atoms with van der Waals surface area (Å²) in [5.74, 6) is -0.108. The molecule has 1 amide bonds. The van der Waals surface area contributed by atoms with E-state index >= 15 is 0 Å². The number of hydrazone groups is 1. The van der Waals surface area contributed by atoms with E-state index in [0.29, 0.717) is 12.0 Å². The normalized spacial score (nSPS) is 10.3. The van der Waals surface area contributed by atoms with Crippen LogP contribution in [-0.2, 0) is 11.2 Å². The van der Waals surface area contributed by atoms with E-state index in [2.05, 4.69) is 28.7 Å². The van der Waals surface area contributed by atoms with Gasteiger partial charge in [-0.1, -0.05) is 42.5 Å². The fourth-order valence-corrected chi connectivity index (χ4v) is 2.02. The number of aryl methyl sites for hydroxylation is 1. The number of rotatable bonds is 6. The van der Waals surface area contributed by atoms with Gasteiger partial charge in [0, 0.05) is 6.42 Å². The summed E-state index contributed by atoms with van der Waals surface area (Å²) in [6, 6.07) is 19.2. The molecule has 0 aliphatic rings. The van der Waals surface area contributed by atoms with Crippen molar-refractivity contribution < 1.29 is 4.79 Å². The number of carbonyl (C=O) groups excluding carboxylic acids is 1. The van der Waals surface area contributed by atoms with Crippen molar-refractivity contribution in [1.29, 1.82) is 5.26 Å². The molecule has 4 heteroatoms. The molecule has 0 saturated heterocycles. The molecule has 2 aromatic rings. The van der Waals surface area contributed by atoms with Crippen LogP contribution in [0.5, 0.6) is 0 Å². The Kier molecular flexibility index (Phi) is 5.89. The Morgan fingerprint density at radius 2 is 2.00 bits per heavy atom. The maximum Gasteiger partial charge on any atom is 0.240 e. The molecule has 0 radical (unpaired) electrons. The lowest BCUT2D eigenvalue weighted by Gasteiger charge is -2.01. The van der Waals surface area contributed by atoms with Gasteiger partial charge in [-0.15, -0.1) is 0 Å². The van der Waals surface area contributed by atoms with E-state index < -0.39 is 0 Å². The highest BCUT2D eigenvalue weighted by Crippen LogP contribution is 2.04. The minimum absolute atomic E-state index is 0.108. The maximum absolute atomic E-state index is 11.7. The minimum atomic E-state index is -0.108. The van der Waals surface area contributed by atoms with Crippen LogP contribution in [0.4, 0.5) is 0 Å². The van der Waals surface area contributed by atoms with Gasteiger partial charge >= 0.3 is 0 Å². The van der Waals surface area contributed by atoms with Crippen LogP contribution in [0.15, 0.2) is 59.7 Å². The van der Waals surface area contributed by atoms with Crippen LogP contribution in [-0.4, -0.2) is 12.1 Å². The Hall–Kier alpha value is -2.93. The SMILES string of the molecule is N#Cc1cccc(/C=N/NC(=O)CCCc2ccccc2)c1. The van der Waals surface area contributed by atoms with Crippen molar-refractivity contribution in [3.8, 4) is 6.07 Å². The molecule has 2 aromatic carbocycles. The summed E-state index contributed by atoms with van der Waals surface area (Å²) < 4.78 is 0. The van der Waals surface area contributed by atoms with Gasteiger partial charge in [-0.2, -0.15) is 10.4 Å². The van der Waals surface area contributed by atoms with Gasteiger partial charge in [0.1, 0.15) is 0 Å². The van der Waals surface area contributed by atoms with E-state index in [0.717, 1.165) is 18.4 Å².